The Balaban J connectivity index is 0. The van der Waals surface area contributed by atoms with Gasteiger partial charge in [-0.25, -0.2) is 8.78 Å². The predicted molar refractivity (Wildman–Crippen MR) is 600 cm³/mol. The lowest BCUT2D eigenvalue weighted by Crippen LogP contribution is -2.34. The highest BCUT2D eigenvalue weighted by Crippen LogP contribution is 2.53. The summed E-state index contributed by atoms with van der Waals surface area (Å²) in [6, 6.07) is 39.7. The molecule has 0 atom stereocenters. The van der Waals surface area contributed by atoms with Crippen molar-refractivity contribution in [3.63, 3.8) is 0 Å². The average molecular weight is 1880 g/mol. The van der Waals surface area contributed by atoms with E-state index < -0.39 is 22.9 Å². The van der Waals surface area contributed by atoms with Crippen molar-refractivity contribution in [2.45, 2.75) is 570 Å². The van der Waals surface area contributed by atoms with Gasteiger partial charge in [0.05, 0.1) is 5.41 Å². The molecule has 0 amide bonds. The molecule has 6 aliphatic rings. The largest absolute Gasteiger partial charge is 0.394 e. The smallest absolute Gasteiger partial charge is 0.244 e. The fourth-order valence-electron chi connectivity index (χ4n) is 18.2. The van der Waals surface area contributed by atoms with Gasteiger partial charge in [0.2, 0.25) is 0 Å². The standard InChI is InChI=1S/C16H26.C15H24.C13H20.C10H20.C10H14.C9H17F.C9H12.C8H13F3.C8H15F.2C8H16.C7H8.C7H16.C2H6/c1-10(2)14-8-15(11(3)4)13(7)16(9-14)12(5)6;1-11-8-9-12(14(2,3)4)10-13(11)15(5,6)7;1-9(2)12-7-6-11(5)13(8-12)10(3)4;1-9(2)5-7-10(3,4)8-6-9;1-7-5-8(2)10(4)9(3)6-7;1-8(2)4-6-9(3,10)7-5-8;1-7-4-5-8(2)9(3)6-7;1-2-7(8(9,10)11)5-3-4-6-7;1-7-3-5-8(2,9)6-4-7;1-8(2)6-4-3-5-7-8;1-3-8(2)6-4-5-7-8;1-7-5-3-2-4-6-7;1-5-7(3,4)6-2;1-2/h8-12H,1-7H3;8-10H,1-7H3;6-10H,1-5H3;5-8H2,1-4H3;5-6H,1-4H3;4-7H2,1-3H3;4-6H,1-3H3;2-6H2,1H3;7H,3-6H2,1-2H3;2*3-7H2,1-2H3;2-6H,1H3;5-6H2,1-4H3;1-2H3. The highest BCUT2D eigenvalue weighted by Gasteiger charge is 2.54. The van der Waals surface area contributed by atoms with Gasteiger partial charge >= 0.3 is 6.18 Å². The number of rotatable bonds is 9. The number of benzene rings is 6. The van der Waals surface area contributed by atoms with E-state index in [-0.39, 0.29) is 17.3 Å². The summed E-state index contributed by atoms with van der Waals surface area (Å²) in [6.07, 6.45) is 28.6. The zero-order chi connectivity index (χ0) is 105. The molecule has 0 aromatic heterocycles. The van der Waals surface area contributed by atoms with Crippen LogP contribution in [-0.4, -0.2) is 17.5 Å². The van der Waals surface area contributed by atoms with Crippen LogP contribution in [0.4, 0.5) is 22.0 Å². The van der Waals surface area contributed by atoms with E-state index >= 15 is 0 Å². The van der Waals surface area contributed by atoms with Gasteiger partial charge in [-0.15, -0.1) is 0 Å². The van der Waals surface area contributed by atoms with E-state index in [1.165, 1.54) is 203 Å². The number of hydrogen-bond donors (Lipinski definition) is 0. The van der Waals surface area contributed by atoms with Crippen molar-refractivity contribution in [1.82, 2.24) is 0 Å². The first-order chi connectivity index (χ1) is 61.7. The van der Waals surface area contributed by atoms with Gasteiger partial charge in [-0.3, -0.25) is 0 Å². The second-order valence-corrected chi connectivity index (χ2v) is 50.8. The molecule has 778 valence electrons. The Bertz CT molecular complexity index is 3980. The fourth-order valence-corrected chi connectivity index (χ4v) is 18.2. The molecule has 0 radical (unpaired) electrons. The Morgan fingerprint density at radius 2 is 0.681 bits per heavy atom. The van der Waals surface area contributed by atoms with Crippen LogP contribution < -0.4 is 0 Å². The first kappa shape index (κ1) is 132. The van der Waals surface area contributed by atoms with Gasteiger partial charge in [-0.2, -0.15) is 13.2 Å². The lowest BCUT2D eigenvalue weighted by Gasteiger charge is -2.39. The second kappa shape index (κ2) is 61.1. The SMILES string of the molecule is CC.CC1(C)CCC(C)(C)CC1.CC1(C)CCC(C)(F)CC1.CC1(C)CCCCC1.CC1CCC(C)(F)CC1.CCC(C)(C)CC.CCC1(C(F)(F)F)CCCC1.CCC1(C)CCCC1.Cc1c(C(C)C)cc(C(C)C)cc1C(C)C.Cc1cc(C)c(C)c(C)c1.Cc1ccc(C(C)(C)C)cc1C(C)(C)C.Cc1ccc(C(C)C)cc1C(C)C.Cc1ccc(C)c(C)c1.Cc1ccccc1. The molecule has 6 aromatic carbocycles. The molecule has 0 N–H and O–H groups in total. The van der Waals surface area contributed by atoms with Gasteiger partial charge in [-0.1, -0.05) is 426 Å². The highest BCUT2D eigenvalue weighted by atomic mass is 19.4. The topological polar surface area (TPSA) is 0 Å². The Morgan fingerprint density at radius 1 is 0.319 bits per heavy atom. The molecule has 0 bridgehead atoms. The van der Waals surface area contributed by atoms with Crippen LogP contribution in [-0.2, 0) is 10.8 Å². The third-order valence-electron chi connectivity index (χ3n) is 31.1. The van der Waals surface area contributed by atoms with Gasteiger partial charge < -0.3 is 0 Å². The third-order valence-corrected chi connectivity index (χ3v) is 31.1. The van der Waals surface area contributed by atoms with Crippen LogP contribution >= 0.6 is 0 Å². The second-order valence-electron chi connectivity index (χ2n) is 50.8. The van der Waals surface area contributed by atoms with Crippen LogP contribution in [0.15, 0.2) is 109 Å². The van der Waals surface area contributed by atoms with E-state index in [0.29, 0.717) is 69.5 Å². The van der Waals surface area contributed by atoms with Crippen molar-refractivity contribution in [2.75, 3.05) is 0 Å². The summed E-state index contributed by atoms with van der Waals surface area (Å²) >= 11 is 0. The van der Waals surface area contributed by atoms with Crippen molar-refractivity contribution in [2.24, 2.45) is 43.8 Å². The van der Waals surface area contributed by atoms with E-state index in [1.807, 2.05) is 32.0 Å². The van der Waals surface area contributed by atoms with E-state index in [9.17, 15) is 22.0 Å². The summed E-state index contributed by atoms with van der Waals surface area (Å²) in [5, 5.41) is 0. The maximum atomic E-state index is 13.2. The molecule has 0 heterocycles. The zero-order valence-corrected chi connectivity index (χ0v) is 98.3. The minimum absolute atomic E-state index is 0.241. The maximum absolute atomic E-state index is 13.2. The van der Waals surface area contributed by atoms with E-state index in [1.54, 1.807) is 20.8 Å². The lowest BCUT2D eigenvalue weighted by atomic mass is 9.67. The van der Waals surface area contributed by atoms with Crippen LogP contribution in [0.2, 0.25) is 0 Å². The Kier molecular flexibility index (Phi) is 59.7. The third kappa shape index (κ3) is 54.7. The van der Waals surface area contributed by atoms with Crippen molar-refractivity contribution in [3.8, 4) is 0 Å². The minimum Gasteiger partial charge on any atom is -0.244 e. The van der Waals surface area contributed by atoms with Crippen molar-refractivity contribution in [3.05, 3.63) is 209 Å². The molecular formula is C130H223F5. The van der Waals surface area contributed by atoms with Crippen LogP contribution in [0.3, 0.4) is 0 Å². The average Bonchev–Trinajstić information content (AvgIpc) is 1.58. The Hall–Kier alpha value is -5.03. The fraction of sp³-hybridized carbons (Fsp3) is 0.723. The quantitative estimate of drug-likeness (QED) is 0.127. The molecular weight excluding hydrogens is 1660 g/mol. The summed E-state index contributed by atoms with van der Waals surface area (Å²) < 4.78 is 63.5. The molecule has 0 unspecified atom stereocenters. The first-order valence-corrected chi connectivity index (χ1v) is 54.6. The first-order valence-electron chi connectivity index (χ1n) is 54.6. The van der Waals surface area contributed by atoms with Crippen molar-refractivity contribution in [1.29, 1.82) is 0 Å². The molecule has 0 nitrogen and oxygen atoms in total. The molecule has 6 fully saturated rings. The lowest BCUT2D eigenvalue weighted by molar-refractivity contribution is -0.223. The van der Waals surface area contributed by atoms with Gasteiger partial charge in [0.1, 0.15) is 11.3 Å². The van der Waals surface area contributed by atoms with Gasteiger partial charge in [0.15, 0.2) is 0 Å². The van der Waals surface area contributed by atoms with Crippen molar-refractivity contribution >= 4 is 0 Å². The van der Waals surface area contributed by atoms with Gasteiger partial charge in [0.25, 0.3) is 0 Å². The molecule has 0 spiro atoms. The molecule has 6 aliphatic carbocycles. The monoisotopic (exact) mass is 1880 g/mol. The Morgan fingerprint density at radius 3 is 0.970 bits per heavy atom. The molecule has 12 rings (SSSR count). The molecule has 6 saturated carbocycles. The maximum Gasteiger partial charge on any atom is 0.394 e. The number of hydrogen-bond acceptors (Lipinski definition) is 0. The van der Waals surface area contributed by atoms with Crippen LogP contribution in [0.5, 0.6) is 0 Å². The van der Waals surface area contributed by atoms with Gasteiger partial charge in [-0.05, 0) is 374 Å². The molecule has 6 aromatic rings. The number of aryl methyl sites for hydroxylation is 9. The minimum atomic E-state index is -3.97. The normalized spacial score (nSPS) is 19.0. The predicted octanol–water partition coefficient (Wildman–Crippen LogP) is 44.9. The van der Waals surface area contributed by atoms with E-state index in [2.05, 4.69) is 382 Å². The summed E-state index contributed by atoms with van der Waals surface area (Å²) in [4.78, 5) is 0. The molecule has 135 heavy (non-hydrogen) atoms. The number of alkyl halides is 5. The van der Waals surface area contributed by atoms with Gasteiger partial charge in [0, 0.05) is 0 Å². The molecule has 0 saturated heterocycles. The summed E-state index contributed by atoms with van der Waals surface area (Å²) in [6.45, 7) is 104. The summed E-state index contributed by atoms with van der Waals surface area (Å²) in [5.74, 6) is 3.90. The highest BCUT2D eigenvalue weighted by molar-refractivity contribution is 5.43. The van der Waals surface area contributed by atoms with Crippen LogP contribution in [0.1, 0.15) is 565 Å². The van der Waals surface area contributed by atoms with E-state index in [4.69, 9.17) is 0 Å². The Labute approximate surface area is 839 Å². The van der Waals surface area contributed by atoms with Crippen molar-refractivity contribution < 1.29 is 22.0 Å². The zero-order valence-electron chi connectivity index (χ0n) is 98.3. The summed E-state index contributed by atoms with van der Waals surface area (Å²) in [5.41, 5.74) is 26.8. The number of halogens is 5. The summed E-state index contributed by atoms with van der Waals surface area (Å²) in [7, 11) is 0. The van der Waals surface area contributed by atoms with Crippen LogP contribution in [0.25, 0.3) is 0 Å². The molecule has 0 aliphatic heterocycles. The molecule has 5 heteroatoms. The van der Waals surface area contributed by atoms with Crippen LogP contribution in [0, 0.1) is 120 Å². The van der Waals surface area contributed by atoms with E-state index in [0.717, 1.165) is 75.5 Å².